The van der Waals surface area contributed by atoms with Gasteiger partial charge in [0.25, 0.3) is 0 Å². The SMILES string of the molecule is C[C@@H](O[Si](C)(C)C)[C@@]1(O[Si](C)(C)C)CCC2C3CC[C@H]4CCCC[C@]4(C)C3CC[C@@]21C. The summed E-state index contributed by atoms with van der Waals surface area (Å²) in [4.78, 5) is 0. The Morgan fingerprint density at radius 3 is 2.06 bits per heavy atom. The topological polar surface area (TPSA) is 18.5 Å². The molecule has 4 saturated carbocycles. The first-order valence-electron chi connectivity index (χ1n) is 13.6. The van der Waals surface area contributed by atoms with E-state index in [4.69, 9.17) is 8.85 Å². The van der Waals surface area contributed by atoms with E-state index in [-0.39, 0.29) is 17.1 Å². The highest BCUT2D eigenvalue weighted by Crippen LogP contribution is 2.70. The summed E-state index contributed by atoms with van der Waals surface area (Å²) in [7, 11) is -3.34. The van der Waals surface area contributed by atoms with Crippen molar-refractivity contribution < 1.29 is 8.85 Å². The minimum absolute atomic E-state index is 0.0856. The highest BCUT2D eigenvalue weighted by molar-refractivity contribution is 6.70. The first-order chi connectivity index (χ1) is 14.2. The van der Waals surface area contributed by atoms with Gasteiger partial charge in [0, 0.05) is 5.41 Å². The van der Waals surface area contributed by atoms with Crippen LogP contribution in [0.3, 0.4) is 0 Å². The minimum atomic E-state index is -1.71. The van der Waals surface area contributed by atoms with Crippen LogP contribution in [0.1, 0.15) is 85.0 Å². The summed E-state index contributed by atoms with van der Waals surface area (Å²) in [6.45, 7) is 21.9. The first kappa shape index (κ1) is 24.5. The van der Waals surface area contributed by atoms with Gasteiger partial charge in [0.15, 0.2) is 16.6 Å². The smallest absolute Gasteiger partial charge is 0.184 e. The Morgan fingerprint density at radius 2 is 1.42 bits per heavy atom. The van der Waals surface area contributed by atoms with Gasteiger partial charge < -0.3 is 8.85 Å². The lowest BCUT2D eigenvalue weighted by atomic mass is 9.44. The molecule has 3 unspecified atom stereocenters. The molecule has 4 rings (SSSR count). The summed E-state index contributed by atoms with van der Waals surface area (Å²) >= 11 is 0. The molecule has 180 valence electrons. The van der Waals surface area contributed by atoms with Gasteiger partial charge in [-0.05, 0) is 127 Å². The van der Waals surface area contributed by atoms with Gasteiger partial charge in [-0.2, -0.15) is 0 Å². The van der Waals surface area contributed by atoms with Crippen LogP contribution in [0.15, 0.2) is 0 Å². The van der Waals surface area contributed by atoms with E-state index < -0.39 is 16.6 Å². The summed E-state index contributed by atoms with van der Waals surface area (Å²) in [6, 6.07) is 0. The molecular formula is C27H52O2Si2. The van der Waals surface area contributed by atoms with Crippen LogP contribution in [0.5, 0.6) is 0 Å². The minimum Gasteiger partial charge on any atom is -0.412 e. The van der Waals surface area contributed by atoms with Crippen LogP contribution in [0.4, 0.5) is 0 Å². The average molecular weight is 465 g/mol. The second-order valence-electron chi connectivity index (χ2n) is 14.4. The van der Waals surface area contributed by atoms with Crippen LogP contribution in [0, 0.1) is 34.5 Å². The number of hydrogen-bond donors (Lipinski definition) is 0. The van der Waals surface area contributed by atoms with E-state index in [1.807, 2.05) is 0 Å². The normalized spacial score (nSPS) is 46.7. The van der Waals surface area contributed by atoms with Gasteiger partial charge in [-0.3, -0.25) is 0 Å². The molecule has 0 aliphatic heterocycles. The standard InChI is InChI=1S/C27H52O2Si2/c1-20(28-30(4,5)6)27(29-31(7,8)9)19-16-24-22-14-13-21-12-10-11-17-25(21,2)23(22)15-18-26(24,27)3/h20-24H,10-19H2,1-9H3/t20-,21-,22?,23?,24?,25+,26+,27+/m1/s1. The van der Waals surface area contributed by atoms with Crippen LogP contribution < -0.4 is 0 Å². The highest BCUT2D eigenvalue weighted by atomic mass is 28.4. The maximum absolute atomic E-state index is 7.31. The predicted molar refractivity (Wildman–Crippen MR) is 137 cm³/mol. The first-order valence-corrected chi connectivity index (χ1v) is 20.4. The molecular weight excluding hydrogens is 412 g/mol. The van der Waals surface area contributed by atoms with E-state index in [0.717, 1.165) is 23.7 Å². The number of fused-ring (bicyclic) bond motifs is 5. The molecule has 31 heavy (non-hydrogen) atoms. The molecule has 2 nitrogen and oxygen atoms in total. The van der Waals surface area contributed by atoms with Crippen LogP contribution in [0.2, 0.25) is 39.3 Å². The zero-order valence-corrected chi connectivity index (χ0v) is 24.3. The third-order valence-corrected chi connectivity index (χ3v) is 12.5. The van der Waals surface area contributed by atoms with E-state index in [1.54, 1.807) is 0 Å². The van der Waals surface area contributed by atoms with Gasteiger partial charge >= 0.3 is 0 Å². The maximum atomic E-state index is 7.31. The number of rotatable bonds is 5. The molecule has 0 amide bonds. The van der Waals surface area contributed by atoms with E-state index in [1.165, 1.54) is 64.2 Å². The summed E-state index contributed by atoms with van der Waals surface area (Å²) < 4.78 is 14.2. The third-order valence-electron chi connectivity index (χ3n) is 10.4. The van der Waals surface area contributed by atoms with Crippen molar-refractivity contribution in [3.63, 3.8) is 0 Å². The largest absolute Gasteiger partial charge is 0.412 e. The van der Waals surface area contributed by atoms with Crippen molar-refractivity contribution in [3.8, 4) is 0 Å². The molecule has 0 bridgehead atoms. The van der Waals surface area contributed by atoms with Gasteiger partial charge in [0.1, 0.15) is 0 Å². The van der Waals surface area contributed by atoms with E-state index in [2.05, 4.69) is 60.1 Å². The molecule has 0 N–H and O–H groups in total. The van der Waals surface area contributed by atoms with Crippen molar-refractivity contribution in [2.45, 2.75) is 136 Å². The van der Waals surface area contributed by atoms with Crippen LogP contribution in [-0.2, 0) is 8.85 Å². The maximum Gasteiger partial charge on any atom is 0.184 e. The summed E-state index contributed by atoms with van der Waals surface area (Å²) in [5, 5.41) is 0. The van der Waals surface area contributed by atoms with Crippen molar-refractivity contribution >= 4 is 16.6 Å². The molecule has 0 spiro atoms. The van der Waals surface area contributed by atoms with Gasteiger partial charge in [-0.15, -0.1) is 0 Å². The Balaban J connectivity index is 1.68. The second kappa shape index (κ2) is 7.95. The van der Waals surface area contributed by atoms with Crippen LogP contribution >= 0.6 is 0 Å². The van der Waals surface area contributed by atoms with Crippen molar-refractivity contribution in [1.82, 2.24) is 0 Å². The molecule has 0 radical (unpaired) electrons. The third kappa shape index (κ3) is 4.08. The van der Waals surface area contributed by atoms with E-state index in [0.29, 0.717) is 5.41 Å². The fourth-order valence-corrected chi connectivity index (χ4v) is 12.3. The lowest BCUT2D eigenvalue weighted by molar-refractivity contribution is -0.171. The molecule has 4 heteroatoms. The molecule has 0 heterocycles. The molecule has 8 atom stereocenters. The van der Waals surface area contributed by atoms with E-state index >= 15 is 0 Å². The Bertz CT molecular complexity index is 667. The van der Waals surface area contributed by atoms with E-state index in [9.17, 15) is 0 Å². The quantitative estimate of drug-likeness (QED) is 0.381. The molecule has 0 aromatic rings. The summed E-state index contributed by atoms with van der Waals surface area (Å²) in [5.74, 6) is 3.71. The predicted octanol–water partition coefficient (Wildman–Crippen LogP) is 8.25. The lowest BCUT2D eigenvalue weighted by Crippen LogP contribution is -2.63. The average Bonchev–Trinajstić information content (AvgIpc) is 2.92. The van der Waals surface area contributed by atoms with Crippen molar-refractivity contribution in [2.24, 2.45) is 34.5 Å². The fraction of sp³-hybridized carbons (Fsp3) is 1.00. The monoisotopic (exact) mass is 464 g/mol. The van der Waals surface area contributed by atoms with Crippen molar-refractivity contribution in [1.29, 1.82) is 0 Å². The highest BCUT2D eigenvalue weighted by Gasteiger charge is 2.67. The molecule has 4 fully saturated rings. The molecule has 0 saturated heterocycles. The summed E-state index contributed by atoms with van der Waals surface area (Å²) in [6.07, 6.45) is 14.5. The van der Waals surface area contributed by atoms with Gasteiger partial charge in [-0.1, -0.05) is 26.7 Å². The molecule has 4 aliphatic rings. The number of hydrogen-bond acceptors (Lipinski definition) is 2. The van der Waals surface area contributed by atoms with Gasteiger partial charge in [0.2, 0.25) is 0 Å². The Kier molecular flexibility index (Phi) is 6.28. The molecule has 0 aromatic carbocycles. The fourth-order valence-electron chi connectivity index (χ4n) is 9.42. The van der Waals surface area contributed by atoms with Gasteiger partial charge in [0.05, 0.1) is 11.7 Å². The lowest BCUT2D eigenvalue weighted by Gasteiger charge is -2.63. The molecule has 4 aliphatic carbocycles. The second-order valence-corrected chi connectivity index (χ2v) is 23.3. The zero-order valence-electron chi connectivity index (χ0n) is 22.3. The van der Waals surface area contributed by atoms with Crippen molar-refractivity contribution in [3.05, 3.63) is 0 Å². The summed E-state index contributed by atoms with van der Waals surface area (Å²) in [5.41, 5.74) is 0.802. The Morgan fingerprint density at radius 1 is 0.742 bits per heavy atom. The van der Waals surface area contributed by atoms with Crippen LogP contribution in [0.25, 0.3) is 0 Å². The van der Waals surface area contributed by atoms with Crippen molar-refractivity contribution in [2.75, 3.05) is 0 Å². The Labute approximate surface area is 195 Å². The molecule has 0 aromatic heterocycles. The van der Waals surface area contributed by atoms with Crippen LogP contribution in [-0.4, -0.2) is 28.3 Å². The Hall–Kier alpha value is 0.354. The zero-order chi connectivity index (χ0) is 22.9. The van der Waals surface area contributed by atoms with Gasteiger partial charge in [-0.25, -0.2) is 0 Å².